The highest BCUT2D eigenvalue weighted by molar-refractivity contribution is 5.79. The second-order valence-corrected chi connectivity index (χ2v) is 9.70. The number of carbonyl (C=O) groups excluding carboxylic acids is 1. The Morgan fingerprint density at radius 3 is 2.69 bits per heavy atom. The lowest BCUT2D eigenvalue weighted by molar-refractivity contribution is -0.144. The van der Waals surface area contributed by atoms with Gasteiger partial charge in [0.25, 0.3) is 5.56 Å². The van der Waals surface area contributed by atoms with Crippen LogP contribution in [0.1, 0.15) is 76.4 Å². The zero-order valence-corrected chi connectivity index (χ0v) is 21.2. The summed E-state index contributed by atoms with van der Waals surface area (Å²) in [6.07, 6.45) is 5.39. The number of H-pyrrole nitrogens is 1. The average molecular weight is 481 g/mol. The van der Waals surface area contributed by atoms with Crippen molar-refractivity contribution in [2.24, 2.45) is 5.92 Å². The van der Waals surface area contributed by atoms with Crippen molar-refractivity contribution in [1.82, 2.24) is 30.1 Å². The van der Waals surface area contributed by atoms with Gasteiger partial charge in [-0.3, -0.25) is 14.5 Å². The molecular formula is C26H36N6O3. The minimum Gasteiger partial charge on any atom is -0.465 e. The third-order valence-electron chi connectivity index (χ3n) is 6.94. The fourth-order valence-electron chi connectivity index (χ4n) is 5.22. The highest BCUT2D eigenvalue weighted by Gasteiger charge is 2.35. The van der Waals surface area contributed by atoms with E-state index in [-0.39, 0.29) is 30.0 Å². The number of benzene rings is 1. The maximum Gasteiger partial charge on any atom is 0.327 e. The number of aromatic amines is 1. The van der Waals surface area contributed by atoms with Gasteiger partial charge in [-0.05, 0) is 71.7 Å². The standard InChI is InChI=1S/C26H36N6O3/c1-5-18-11-12-22-19(13-18)14-20(26(34)27-22)15-31(21-9-7-8-10-21)24(17(3)4)25-28-29-30-32(25)16-23(33)35-6-2/h11-14,17,21,24H,5-10,15-16H2,1-4H3,(H,27,34)/t24-/m1/s1. The summed E-state index contributed by atoms with van der Waals surface area (Å²) in [4.78, 5) is 30.8. The van der Waals surface area contributed by atoms with E-state index in [0.29, 0.717) is 25.0 Å². The Morgan fingerprint density at radius 2 is 2.00 bits per heavy atom. The molecule has 0 saturated heterocycles. The SMILES string of the molecule is CCOC(=O)Cn1nnnc1[C@@H](C(C)C)N(Cc1cc2cc(CC)ccc2[nH]c1=O)C1CCCC1. The molecule has 0 amide bonds. The van der Waals surface area contributed by atoms with Crippen molar-refractivity contribution in [3.05, 3.63) is 51.6 Å². The van der Waals surface area contributed by atoms with Gasteiger partial charge in [-0.25, -0.2) is 4.68 Å². The second-order valence-electron chi connectivity index (χ2n) is 9.70. The third kappa shape index (κ3) is 5.61. The summed E-state index contributed by atoms with van der Waals surface area (Å²) in [6.45, 7) is 8.94. The molecule has 2 aromatic heterocycles. The van der Waals surface area contributed by atoms with Crippen LogP contribution in [-0.4, -0.2) is 48.7 Å². The van der Waals surface area contributed by atoms with E-state index in [9.17, 15) is 9.59 Å². The van der Waals surface area contributed by atoms with Gasteiger partial charge in [0, 0.05) is 23.7 Å². The maximum atomic E-state index is 13.1. The van der Waals surface area contributed by atoms with Crippen LogP contribution in [0.15, 0.2) is 29.1 Å². The molecule has 1 fully saturated rings. The summed E-state index contributed by atoms with van der Waals surface area (Å²) in [5, 5.41) is 13.4. The zero-order chi connectivity index (χ0) is 24.9. The van der Waals surface area contributed by atoms with Crippen LogP contribution in [0.25, 0.3) is 10.9 Å². The van der Waals surface area contributed by atoms with E-state index in [1.54, 1.807) is 11.6 Å². The van der Waals surface area contributed by atoms with E-state index in [2.05, 4.69) is 58.3 Å². The summed E-state index contributed by atoms with van der Waals surface area (Å²) < 4.78 is 6.67. The number of tetrazole rings is 1. The first-order valence-electron chi connectivity index (χ1n) is 12.7. The minimum absolute atomic E-state index is 0.0335. The molecule has 1 saturated carbocycles. The molecule has 1 aromatic carbocycles. The lowest BCUT2D eigenvalue weighted by Gasteiger charge is -2.37. The Kier molecular flexibility index (Phi) is 7.95. The number of nitrogens with one attached hydrogen (secondary N) is 1. The van der Waals surface area contributed by atoms with Crippen LogP contribution in [0.4, 0.5) is 0 Å². The zero-order valence-electron chi connectivity index (χ0n) is 21.2. The van der Waals surface area contributed by atoms with Crippen LogP contribution in [0.2, 0.25) is 0 Å². The summed E-state index contributed by atoms with van der Waals surface area (Å²) in [7, 11) is 0. The molecule has 0 radical (unpaired) electrons. The minimum atomic E-state index is -0.367. The number of rotatable bonds is 10. The average Bonchev–Trinajstić information content (AvgIpc) is 3.51. The quantitative estimate of drug-likeness (QED) is 0.440. The van der Waals surface area contributed by atoms with E-state index < -0.39 is 0 Å². The summed E-state index contributed by atoms with van der Waals surface area (Å²) >= 11 is 0. The fourth-order valence-corrected chi connectivity index (χ4v) is 5.22. The number of pyridine rings is 1. The van der Waals surface area contributed by atoms with Crippen LogP contribution in [0.3, 0.4) is 0 Å². The molecule has 3 aromatic rings. The largest absolute Gasteiger partial charge is 0.465 e. The van der Waals surface area contributed by atoms with Crippen LogP contribution in [-0.2, 0) is 29.0 Å². The molecule has 1 aliphatic carbocycles. The van der Waals surface area contributed by atoms with Crippen LogP contribution >= 0.6 is 0 Å². The highest BCUT2D eigenvalue weighted by atomic mass is 16.5. The number of hydrogen-bond donors (Lipinski definition) is 1. The summed E-state index contributed by atoms with van der Waals surface area (Å²) in [5.41, 5.74) is 2.74. The summed E-state index contributed by atoms with van der Waals surface area (Å²) in [5.74, 6) is 0.424. The van der Waals surface area contributed by atoms with Crippen LogP contribution < -0.4 is 5.56 Å². The number of ether oxygens (including phenoxy) is 1. The molecule has 35 heavy (non-hydrogen) atoms. The van der Waals surface area contributed by atoms with Gasteiger partial charge in [0.1, 0.15) is 6.54 Å². The molecule has 188 valence electrons. The Bertz CT molecular complexity index is 1210. The highest BCUT2D eigenvalue weighted by Crippen LogP contribution is 2.36. The van der Waals surface area contributed by atoms with E-state index in [1.807, 2.05) is 12.1 Å². The fraction of sp³-hybridized carbons (Fsp3) is 0.577. The molecule has 1 aliphatic rings. The molecule has 0 unspecified atom stereocenters. The number of esters is 1. The first-order valence-corrected chi connectivity index (χ1v) is 12.7. The number of fused-ring (bicyclic) bond motifs is 1. The smallest absolute Gasteiger partial charge is 0.327 e. The molecule has 9 heteroatoms. The third-order valence-corrected chi connectivity index (χ3v) is 6.94. The predicted octanol–water partition coefficient (Wildman–Crippen LogP) is 3.78. The van der Waals surface area contributed by atoms with Crippen molar-refractivity contribution in [2.75, 3.05) is 6.61 Å². The van der Waals surface area contributed by atoms with E-state index in [0.717, 1.165) is 48.6 Å². The van der Waals surface area contributed by atoms with Crippen LogP contribution in [0, 0.1) is 5.92 Å². The molecule has 0 aliphatic heterocycles. The Labute approximate surface area is 205 Å². The van der Waals surface area contributed by atoms with Crippen molar-refractivity contribution in [3.63, 3.8) is 0 Å². The van der Waals surface area contributed by atoms with Gasteiger partial charge >= 0.3 is 5.97 Å². The first kappa shape index (κ1) is 25.0. The van der Waals surface area contributed by atoms with Gasteiger partial charge in [0.2, 0.25) is 0 Å². The molecule has 0 spiro atoms. The Balaban J connectivity index is 1.73. The van der Waals surface area contributed by atoms with Gasteiger partial charge in [-0.1, -0.05) is 39.7 Å². The number of carbonyl (C=O) groups is 1. The van der Waals surface area contributed by atoms with Gasteiger partial charge in [-0.2, -0.15) is 0 Å². The van der Waals surface area contributed by atoms with Crippen molar-refractivity contribution in [3.8, 4) is 0 Å². The topological polar surface area (TPSA) is 106 Å². The monoisotopic (exact) mass is 480 g/mol. The van der Waals surface area contributed by atoms with Gasteiger partial charge in [0.05, 0.1) is 12.6 Å². The number of aryl methyl sites for hydroxylation is 1. The van der Waals surface area contributed by atoms with Crippen molar-refractivity contribution < 1.29 is 9.53 Å². The molecule has 4 rings (SSSR count). The predicted molar refractivity (Wildman–Crippen MR) is 134 cm³/mol. The van der Waals surface area contributed by atoms with Crippen LogP contribution in [0.5, 0.6) is 0 Å². The maximum absolute atomic E-state index is 13.1. The van der Waals surface area contributed by atoms with Crippen molar-refractivity contribution in [2.45, 2.75) is 85.0 Å². The summed E-state index contributed by atoms with van der Waals surface area (Å²) in [6, 6.07) is 8.37. The van der Waals surface area contributed by atoms with Gasteiger partial charge in [-0.15, -0.1) is 5.10 Å². The van der Waals surface area contributed by atoms with Gasteiger partial charge in [0.15, 0.2) is 5.82 Å². The van der Waals surface area contributed by atoms with E-state index >= 15 is 0 Å². The van der Waals surface area contributed by atoms with Gasteiger partial charge < -0.3 is 9.72 Å². The molecule has 2 heterocycles. The molecule has 9 nitrogen and oxygen atoms in total. The van der Waals surface area contributed by atoms with E-state index in [4.69, 9.17) is 4.74 Å². The molecule has 0 bridgehead atoms. The lowest BCUT2D eigenvalue weighted by Crippen LogP contribution is -2.41. The lowest BCUT2D eigenvalue weighted by atomic mass is 9.97. The first-order chi connectivity index (χ1) is 16.9. The Hall–Kier alpha value is -3.07. The number of aromatic nitrogens is 5. The number of nitrogens with zero attached hydrogens (tertiary/aromatic N) is 5. The van der Waals surface area contributed by atoms with Crippen molar-refractivity contribution >= 4 is 16.9 Å². The van der Waals surface area contributed by atoms with Crippen molar-refractivity contribution in [1.29, 1.82) is 0 Å². The molecule has 1 atom stereocenters. The number of hydrogen-bond acceptors (Lipinski definition) is 7. The normalized spacial score (nSPS) is 15.4. The van der Waals surface area contributed by atoms with E-state index in [1.165, 1.54) is 5.56 Å². The molecule has 1 N–H and O–H groups in total. The Morgan fingerprint density at radius 1 is 1.23 bits per heavy atom. The molecular weight excluding hydrogens is 444 g/mol. The second kappa shape index (κ2) is 11.1.